The zero-order valence-electron chi connectivity index (χ0n) is 18.2. The Labute approximate surface area is 195 Å². The summed E-state index contributed by atoms with van der Waals surface area (Å²) >= 11 is 12.3. The zero-order chi connectivity index (χ0) is 23.0. The van der Waals surface area contributed by atoms with E-state index in [1.807, 2.05) is 49.2 Å². The third-order valence-corrected chi connectivity index (χ3v) is 5.80. The van der Waals surface area contributed by atoms with Crippen LogP contribution in [0.25, 0.3) is 0 Å². The molecule has 0 bridgehead atoms. The number of aromatic nitrogens is 6. The topological polar surface area (TPSA) is 82.6 Å². The Balaban J connectivity index is 1.49. The van der Waals surface area contributed by atoms with E-state index in [1.54, 1.807) is 29.1 Å². The number of anilines is 1. The van der Waals surface area contributed by atoms with Gasteiger partial charge in [-0.05, 0) is 57.5 Å². The van der Waals surface area contributed by atoms with Crippen LogP contribution in [0.15, 0.2) is 36.5 Å². The number of nitrogens with zero attached hydrogens (tertiary/aromatic N) is 6. The van der Waals surface area contributed by atoms with E-state index in [-0.39, 0.29) is 5.91 Å². The fraction of sp³-hybridized carbons (Fsp3) is 0.273. The van der Waals surface area contributed by atoms with Crippen LogP contribution in [0.4, 0.5) is 5.69 Å². The molecule has 10 heteroatoms. The molecule has 0 radical (unpaired) electrons. The molecule has 0 unspecified atom stereocenters. The number of carbonyl (C=O) groups is 1. The molecule has 4 aromatic rings. The largest absolute Gasteiger partial charge is 0.317 e. The maximum atomic E-state index is 12.8. The van der Waals surface area contributed by atoms with Gasteiger partial charge in [-0.3, -0.25) is 14.2 Å². The van der Waals surface area contributed by atoms with Crippen molar-refractivity contribution >= 4 is 34.8 Å². The second kappa shape index (κ2) is 8.80. The quantitative estimate of drug-likeness (QED) is 0.444. The molecule has 0 spiro atoms. The van der Waals surface area contributed by atoms with E-state index >= 15 is 0 Å². The Morgan fingerprint density at radius 2 is 1.78 bits per heavy atom. The summed E-state index contributed by atoms with van der Waals surface area (Å²) in [6.07, 6.45) is 1.76. The Morgan fingerprint density at radius 3 is 2.47 bits per heavy atom. The Bertz CT molecular complexity index is 1300. The maximum absolute atomic E-state index is 12.8. The summed E-state index contributed by atoms with van der Waals surface area (Å²) in [4.78, 5) is 12.8. The number of rotatable bonds is 6. The number of hydrogen-bond acceptors (Lipinski definition) is 4. The number of carbonyl (C=O) groups excluding carboxylic acids is 1. The maximum Gasteiger partial charge on any atom is 0.276 e. The van der Waals surface area contributed by atoms with Crippen molar-refractivity contribution in [2.75, 3.05) is 5.32 Å². The first-order valence-electron chi connectivity index (χ1n) is 10.0. The average molecular weight is 472 g/mol. The number of amides is 1. The summed E-state index contributed by atoms with van der Waals surface area (Å²) in [5.41, 5.74) is 5.38. The summed E-state index contributed by atoms with van der Waals surface area (Å²) < 4.78 is 5.33. The van der Waals surface area contributed by atoms with Crippen LogP contribution in [-0.4, -0.2) is 35.2 Å². The third-order valence-electron chi connectivity index (χ3n) is 5.21. The molecule has 166 valence electrons. The van der Waals surface area contributed by atoms with Gasteiger partial charge in [0.2, 0.25) is 0 Å². The molecule has 4 rings (SSSR count). The lowest BCUT2D eigenvalue weighted by Gasteiger charge is -2.08. The van der Waals surface area contributed by atoms with Gasteiger partial charge in [-0.1, -0.05) is 29.3 Å². The van der Waals surface area contributed by atoms with Crippen LogP contribution in [0.2, 0.25) is 10.0 Å². The molecule has 0 saturated carbocycles. The average Bonchev–Trinajstić information content (AvgIpc) is 3.39. The van der Waals surface area contributed by atoms with Gasteiger partial charge in [0.15, 0.2) is 5.69 Å². The molecule has 0 saturated heterocycles. The first kappa shape index (κ1) is 22.1. The smallest absolute Gasteiger partial charge is 0.276 e. The first-order valence-corrected chi connectivity index (χ1v) is 10.8. The monoisotopic (exact) mass is 471 g/mol. The predicted molar refractivity (Wildman–Crippen MR) is 125 cm³/mol. The number of benzene rings is 1. The molecule has 0 aliphatic carbocycles. The van der Waals surface area contributed by atoms with Crippen molar-refractivity contribution in [2.45, 2.75) is 40.9 Å². The van der Waals surface area contributed by atoms with Crippen LogP contribution < -0.4 is 5.32 Å². The highest BCUT2D eigenvalue weighted by Gasteiger charge is 2.18. The SMILES string of the molecule is Cc1cc(C)n(Cn2ccc(C(=O)Nc3c(C)nn(Cc4ccc(Cl)cc4Cl)c3C)n2)n1. The Morgan fingerprint density at radius 1 is 1.00 bits per heavy atom. The molecule has 0 aliphatic rings. The van der Waals surface area contributed by atoms with Crippen LogP contribution in [0.5, 0.6) is 0 Å². The van der Waals surface area contributed by atoms with Gasteiger partial charge in [0, 0.05) is 21.9 Å². The number of aryl methyl sites for hydroxylation is 3. The minimum absolute atomic E-state index is 0.299. The van der Waals surface area contributed by atoms with Gasteiger partial charge in [0.1, 0.15) is 6.67 Å². The fourth-order valence-electron chi connectivity index (χ4n) is 3.54. The Kier molecular flexibility index (Phi) is 6.08. The summed E-state index contributed by atoms with van der Waals surface area (Å²) in [7, 11) is 0. The van der Waals surface area contributed by atoms with Crippen molar-refractivity contribution in [2.24, 2.45) is 0 Å². The van der Waals surface area contributed by atoms with Crippen molar-refractivity contribution in [3.63, 3.8) is 0 Å². The lowest BCUT2D eigenvalue weighted by molar-refractivity contribution is 0.102. The van der Waals surface area contributed by atoms with Gasteiger partial charge in [0.25, 0.3) is 5.91 Å². The van der Waals surface area contributed by atoms with E-state index in [0.29, 0.717) is 40.3 Å². The Hall–Kier alpha value is -3.10. The van der Waals surface area contributed by atoms with Gasteiger partial charge < -0.3 is 5.32 Å². The highest BCUT2D eigenvalue weighted by molar-refractivity contribution is 6.35. The van der Waals surface area contributed by atoms with Crippen LogP contribution in [0.1, 0.15) is 38.8 Å². The van der Waals surface area contributed by atoms with E-state index in [1.165, 1.54) is 0 Å². The van der Waals surface area contributed by atoms with Crippen LogP contribution in [-0.2, 0) is 13.2 Å². The second-order valence-electron chi connectivity index (χ2n) is 7.70. The molecule has 8 nitrogen and oxygen atoms in total. The molecular weight excluding hydrogens is 449 g/mol. The van der Waals surface area contributed by atoms with Crippen LogP contribution in [0, 0.1) is 27.7 Å². The van der Waals surface area contributed by atoms with Crippen molar-refractivity contribution < 1.29 is 4.79 Å². The number of nitrogens with one attached hydrogen (secondary N) is 1. The molecule has 32 heavy (non-hydrogen) atoms. The van der Waals surface area contributed by atoms with E-state index in [9.17, 15) is 4.79 Å². The summed E-state index contributed by atoms with van der Waals surface area (Å²) in [5.74, 6) is -0.299. The highest BCUT2D eigenvalue weighted by atomic mass is 35.5. The second-order valence-corrected chi connectivity index (χ2v) is 8.55. The minimum Gasteiger partial charge on any atom is -0.317 e. The van der Waals surface area contributed by atoms with E-state index < -0.39 is 0 Å². The number of hydrogen-bond donors (Lipinski definition) is 1. The normalized spacial score (nSPS) is 11.2. The lowest BCUT2D eigenvalue weighted by atomic mass is 10.2. The van der Waals surface area contributed by atoms with Crippen molar-refractivity contribution in [1.29, 1.82) is 0 Å². The van der Waals surface area contributed by atoms with Crippen molar-refractivity contribution in [1.82, 2.24) is 29.3 Å². The van der Waals surface area contributed by atoms with Gasteiger partial charge in [-0.15, -0.1) is 0 Å². The van der Waals surface area contributed by atoms with Crippen molar-refractivity contribution in [3.05, 3.63) is 80.6 Å². The molecule has 1 N–H and O–H groups in total. The predicted octanol–water partition coefficient (Wildman–Crippen LogP) is 4.62. The molecule has 3 aromatic heterocycles. The van der Waals surface area contributed by atoms with Gasteiger partial charge in [0.05, 0.1) is 29.3 Å². The fourth-order valence-corrected chi connectivity index (χ4v) is 4.01. The molecular formula is C22H23Cl2N7O. The van der Waals surface area contributed by atoms with Crippen LogP contribution >= 0.6 is 23.2 Å². The van der Waals surface area contributed by atoms with Gasteiger partial charge >= 0.3 is 0 Å². The standard InChI is InChI=1S/C22H23Cl2N7O/c1-13-9-14(2)31(26-13)12-29-8-7-20(28-29)22(32)25-21-15(3)27-30(16(21)4)11-17-5-6-18(23)10-19(17)24/h5-10H,11-12H2,1-4H3,(H,25,32). The molecule has 1 aromatic carbocycles. The molecule has 0 aliphatic heterocycles. The summed E-state index contributed by atoms with van der Waals surface area (Å²) in [5, 5.41) is 17.5. The molecule has 0 fully saturated rings. The number of halogens is 2. The van der Waals surface area contributed by atoms with Crippen molar-refractivity contribution in [3.8, 4) is 0 Å². The van der Waals surface area contributed by atoms with E-state index in [0.717, 1.165) is 22.6 Å². The molecule has 1 amide bonds. The van der Waals surface area contributed by atoms with Gasteiger partial charge in [-0.2, -0.15) is 15.3 Å². The first-order chi connectivity index (χ1) is 15.2. The van der Waals surface area contributed by atoms with Crippen LogP contribution in [0.3, 0.4) is 0 Å². The van der Waals surface area contributed by atoms with E-state index in [4.69, 9.17) is 23.2 Å². The lowest BCUT2D eigenvalue weighted by Crippen LogP contribution is -2.16. The zero-order valence-corrected chi connectivity index (χ0v) is 19.7. The van der Waals surface area contributed by atoms with Gasteiger partial charge in [-0.25, -0.2) is 4.68 Å². The third kappa shape index (κ3) is 4.56. The summed E-state index contributed by atoms with van der Waals surface area (Å²) in [6.45, 7) is 8.58. The highest BCUT2D eigenvalue weighted by Crippen LogP contribution is 2.25. The molecule has 0 atom stereocenters. The molecule has 3 heterocycles. The minimum atomic E-state index is -0.299. The summed E-state index contributed by atoms with van der Waals surface area (Å²) in [6, 6.07) is 9.05. The van der Waals surface area contributed by atoms with E-state index in [2.05, 4.69) is 20.6 Å².